The molecule has 128 valence electrons. The fourth-order valence-electron chi connectivity index (χ4n) is 3.13. The van der Waals surface area contributed by atoms with E-state index in [1.807, 2.05) is 28.5 Å². The van der Waals surface area contributed by atoms with Gasteiger partial charge in [-0.1, -0.05) is 17.7 Å². The number of halogens is 1. The largest absolute Gasteiger partial charge is 0.324 e. The predicted molar refractivity (Wildman–Crippen MR) is 94.5 cm³/mol. The highest BCUT2D eigenvalue weighted by atomic mass is 35.5. The Balaban J connectivity index is 1.70. The molecule has 0 aliphatic carbocycles. The Morgan fingerprint density at radius 2 is 2.29 bits per heavy atom. The molecule has 1 aliphatic rings. The van der Waals surface area contributed by atoms with Crippen LogP contribution in [-0.2, 0) is 6.54 Å². The number of carbonyl (C=O) groups excluding carboxylic acids is 1. The Morgan fingerprint density at radius 1 is 1.46 bits per heavy atom. The summed E-state index contributed by atoms with van der Waals surface area (Å²) in [5, 5.41) is 11.7. The van der Waals surface area contributed by atoms with Gasteiger partial charge in [-0.2, -0.15) is 0 Å². The van der Waals surface area contributed by atoms with Crippen molar-refractivity contribution in [1.29, 1.82) is 0 Å². The van der Waals surface area contributed by atoms with Gasteiger partial charge in [0, 0.05) is 25.6 Å². The summed E-state index contributed by atoms with van der Waals surface area (Å²) in [5.74, 6) is 1.18. The van der Waals surface area contributed by atoms with Crippen molar-refractivity contribution in [3.05, 3.63) is 40.9 Å². The molecule has 3 rings (SSSR count). The molecule has 1 saturated heterocycles. The minimum atomic E-state index is -0.116. The van der Waals surface area contributed by atoms with E-state index < -0.39 is 0 Å². The van der Waals surface area contributed by atoms with Crippen molar-refractivity contribution in [3.8, 4) is 0 Å². The average Bonchev–Trinajstić information content (AvgIpc) is 3.07. The standard InChI is InChI=1S/C17H22ClN5O/c1-3-22-11-19-21-16(22)13-5-4-8-23(10-13)17(24)20-15-9-12(2)6-7-14(15)18/h6-7,9,11,13H,3-5,8,10H2,1-2H3,(H,20,24)/t13-/m0/s1. The van der Waals surface area contributed by atoms with E-state index in [4.69, 9.17) is 11.6 Å². The lowest BCUT2D eigenvalue weighted by atomic mass is 9.97. The quantitative estimate of drug-likeness (QED) is 0.921. The van der Waals surface area contributed by atoms with Crippen molar-refractivity contribution in [1.82, 2.24) is 19.7 Å². The van der Waals surface area contributed by atoms with Crippen LogP contribution in [0, 0.1) is 6.92 Å². The van der Waals surface area contributed by atoms with E-state index in [9.17, 15) is 4.79 Å². The van der Waals surface area contributed by atoms with Gasteiger partial charge in [0.25, 0.3) is 0 Å². The molecule has 1 N–H and O–H groups in total. The summed E-state index contributed by atoms with van der Waals surface area (Å²) in [6, 6.07) is 5.49. The number of aryl methyl sites for hydroxylation is 2. The number of hydrogen-bond donors (Lipinski definition) is 1. The zero-order valence-corrected chi connectivity index (χ0v) is 14.8. The normalized spacial score (nSPS) is 17.8. The number of hydrogen-bond acceptors (Lipinski definition) is 3. The molecule has 0 radical (unpaired) electrons. The van der Waals surface area contributed by atoms with Gasteiger partial charge in [-0.05, 0) is 44.4 Å². The Kier molecular flexibility index (Phi) is 5.04. The molecule has 6 nitrogen and oxygen atoms in total. The summed E-state index contributed by atoms with van der Waals surface area (Å²) in [6.45, 7) is 6.27. The summed E-state index contributed by atoms with van der Waals surface area (Å²) in [5.41, 5.74) is 1.71. The number of anilines is 1. The predicted octanol–water partition coefficient (Wildman–Crippen LogP) is 3.67. The van der Waals surface area contributed by atoms with Crippen molar-refractivity contribution in [2.45, 2.75) is 39.2 Å². The molecule has 1 atom stereocenters. The molecule has 2 heterocycles. The maximum absolute atomic E-state index is 12.6. The van der Waals surface area contributed by atoms with Crippen LogP contribution in [0.2, 0.25) is 5.02 Å². The Hall–Kier alpha value is -2.08. The monoisotopic (exact) mass is 347 g/mol. The molecule has 0 saturated carbocycles. The minimum absolute atomic E-state index is 0.116. The van der Waals surface area contributed by atoms with Crippen LogP contribution in [0.4, 0.5) is 10.5 Å². The van der Waals surface area contributed by atoms with Gasteiger partial charge in [-0.3, -0.25) is 0 Å². The second kappa shape index (κ2) is 7.21. The van der Waals surface area contributed by atoms with E-state index in [2.05, 4.69) is 22.4 Å². The lowest BCUT2D eigenvalue weighted by molar-refractivity contribution is 0.190. The van der Waals surface area contributed by atoms with Crippen LogP contribution < -0.4 is 5.32 Å². The van der Waals surface area contributed by atoms with E-state index in [1.54, 1.807) is 12.4 Å². The van der Waals surface area contributed by atoms with Crippen LogP contribution in [0.3, 0.4) is 0 Å². The number of nitrogens with zero attached hydrogens (tertiary/aromatic N) is 4. The van der Waals surface area contributed by atoms with Gasteiger partial charge in [0.2, 0.25) is 0 Å². The molecule has 0 unspecified atom stereocenters. The number of nitrogens with one attached hydrogen (secondary N) is 1. The van der Waals surface area contributed by atoms with Crippen LogP contribution >= 0.6 is 11.6 Å². The van der Waals surface area contributed by atoms with Gasteiger partial charge in [-0.25, -0.2) is 4.79 Å². The van der Waals surface area contributed by atoms with Crippen molar-refractivity contribution in [3.63, 3.8) is 0 Å². The summed E-state index contributed by atoms with van der Waals surface area (Å²) < 4.78 is 2.05. The van der Waals surface area contributed by atoms with Gasteiger partial charge >= 0.3 is 6.03 Å². The number of rotatable bonds is 3. The van der Waals surface area contributed by atoms with E-state index >= 15 is 0 Å². The van der Waals surface area contributed by atoms with Gasteiger partial charge < -0.3 is 14.8 Å². The van der Waals surface area contributed by atoms with Crippen molar-refractivity contribution < 1.29 is 4.79 Å². The molecule has 0 bridgehead atoms. The van der Waals surface area contributed by atoms with Crippen LogP contribution in [0.5, 0.6) is 0 Å². The smallest absolute Gasteiger partial charge is 0.321 e. The van der Waals surface area contributed by atoms with E-state index in [0.29, 0.717) is 17.3 Å². The third-order valence-corrected chi connectivity index (χ3v) is 4.75. The van der Waals surface area contributed by atoms with Gasteiger partial charge in [-0.15, -0.1) is 10.2 Å². The molecule has 1 fully saturated rings. The molecular weight excluding hydrogens is 326 g/mol. The lowest BCUT2D eigenvalue weighted by Crippen LogP contribution is -2.42. The van der Waals surface area contributed by atoms with Gasteiger partial charge in [0.1, 0.15) is 12.2 Å². The molecule has 2 aromatic rings. The molecule has 1 aliphatic heterocycles. The first-order valence-electron chi connectivity index (χ1n) is 8.28. The number of likely N-dealkylation sites (tertiary alicyclic amines) is 1. The van der Waals surface area contributed by atoms with Crippen LogP contribution in [0.1, 0.15) is 37.1 Å². The second-order valence-electron chi connectivity index (χ2n) is 6.17. The molecule has 1 aromatic carbocycles. The highest BCUT2D eigenvalue weighted by Crippen LogP contribution is 2.27. The van der Waals surface area contributed by atoms with Crippen LogP contribution in [0.25, 0.3) is 0 Å². The topological polar surface area (TPSA) is 63.1 Å². The fraction of sp³-hybridized carbons (Fsp3) is 0.471. The Bertz CT molecular complexity index is 730. The third-order valence-electron chi connectivity index (χ3n) is 4.42. The van der Waals surface area contributed by atoms with Crippen LogP contribution in [-0.4, -0.2) is 38.8 Å². The summed E-state index contributed by atoms with van der Waals surface area (Å²) in [7, 11) is 0. The first-order chi connectivity index (χ1) is 11.6. The Labute approximate surface area is 146 Å². The highest BCUT2D eigenvalue weighted by Gasteiger charge is 2.28. The number of aromatic nitrogens is 3. The number of piperidine rings is 1. The molecule has 24 heavy (non-hydrogen) atoms. The molecular formula is C17H22ClN5O. The van der Waals surface area contributed by atoms with Crippen molar-refractivity contribution >= 4 is 23.3 Å². The molecule has 7 heteroatoms. The minimum Gasteiger partial charge on any atom is -0.324 e. The number of urea groups is 1. The number of benzene rings is 1. The van der Waals surface area contributed by atoms with Crippen molar-refractivity contribution in [2.75, 3.05) is 18.4 Å². The summed E-state index contributed by atoms with van der Waals surface area (Å²) in [4.78, 5) is 14.4. The lowest BCUT2D eigenvalue weighted by Gasteiger charge is -2.32. The van der Waals surface area contributed by atoms with E-state index in [0.717, 1.165) is 37.3 Å². The van der Waals surface area contributed by atoms with Gasteiger partial charge in [0.15, 0.2) is 0 Å². The number of amides is 2. The van der Waals surface area contributed by atoms with Gasteiger partial charge in [0.05, 0.1) is 10.7 Å². The first-order valence-corrected chi connectivity index (χ1v) is 8.66. The second-order valence-corrected chi connectivity index (χ2v) is 6.58. The fourth-order valence-corrected chi connectivity index (χ4v) is 3.29. The van der Waals surface area contributed by atoms with Crippen LogP contribution in [0.15, 0.2) is 24.5 Å². The third kappa shape index (κ3) is 3.53. The Morgan fingerprint density at radius 3 is 3.08 bits per heavy atom. The maximum Gasteiger partial charge on any atom is 0.321 e. The molecule has 2 amide bonds. The highest BCUT2D eigenvalue weighted by molar-refractivity contribution is 6.33. The maximum atomic E-state index is 12.6. The van der Waals surface area contributed by atoms with E-state index in [-0.39, 0.29) is 11.9 Å². The van der Waals surface area contributed by atoms with E-state index in [1.165, 1.54) is 0 Å². The zero-order valence-electron chi connectivity index (χ0n) is 14.0. The molecule has 1 aromatic heterocycles. The number of carbonyl (C=O) groups is 1. The first kappa shape index (κ1) is 16.8. The molecule has 0 spiro atoms. The summed E-state index contributed by atoms with van der Waals surface area (Å²) >= 11 is 6.17. The summed E-state index contributed by atoms with van der Waals surface area (Å²) in [6.07, 6.45) is 3.73. The average molecular weight is 348 g/mol. The SMILES string of the molecule is CCn1cnnc1[C@H]1CCCN(C(=O)Nc2cc(C)ccc2Cl)C1. The zero-order chi connectivity index (χ0) is 17.1. The van der Waals surface area contributed by atoms with Crippen molar-refractivity contribution in [2.24, 2.45) is 0 Å².